The Labute approximate surface area is 80.3 Å². The van der Waals surface area contributed by atoms with Gasteiger partial charge in [0.1, 0.15) is 0 Å². The van der Waals surface area contributed by atoms with Crippen LogP contribution < -0.4 is 0 Å². The second kappa shape index (κ2) is 4.64. The first-order valence-electron chi connectivity index (χ1n) is 5.07. The summed E-state index contributed by atoms with van der Waals surface area (Å²) in [5.41, 5.74) is 0. The van der Waals surface area contributed by atoms with E-state index in [1.165, 1.54) is 19.3 Å². The molecule has 12 heavy (non-hydrogen) atoms. The minimum atomic E-state index is -3.10. The monoisotopic (exact) mass is 211 g/mol. The predicted molar refractivity (Wildman–Crippen MR) is 51.9 cm³/mol. The van der Waals surface area contributed by atoms with E-state index in [4.69, 9.17) is 17.1 Å². The molecule has 0 radical (unpaired) electrons. The lowest BCUT2D eigenvalue weighted by atomic mass is 9.90. The van der Waals surface area contributed by atoms with Gasteiger partial charge in [-0.15, -0.1) is 0 Å². The lowest BCUT2D eigenvalue weighted by Crippen LogP contribution is -2.11. The SMILES string of the molecule is [2H]CP(=O)(Cl)OCC1CCCCC1. The first-order chi connectivity index (χ1) is 6.14. The Morgan fingerprint density at radius 1 is 1.58 bits per heavy atom. The Hall–Kier alpha value is 0.480. The van der Waals surface area contributed by atoms with E-state index in [9.17, 15) is 4.57 Å². The number of hydrogen-bond donors (Lipinski definition) is 0. The van der Waals surface area contributed by atoms with Crippen LogP contribution in [-0.4, -0.2) is 13.2 Å². The maximum atomic E-state index is 11.2. The van der Waals surface area contributed by atoms with Gasteiger partial charge in [-0.25, -0.2) is 0 Å². The summed E-state index contributed by atoms with van der Waals surface area (Å²) in [4.78, 5) is 0. The van der Waals surface area contributed by atoms with Crippen molar-refractivity contribution < 1.29 is 10.5 Å². The molecule has 4 heteroatoms. The molecule has 0 spiro atoms. The zero-order chi connectivity index (χ0) is 9.73. The minimum Gasteiger partial charge on any atom is -0.317 e. The average molecular weight is 212 g/mol. The molecule has 0 N–H and O–H groups in total. The van der Waals surface area contributed by atoms with Crippen LogP contribution in [-0.2, 0) is 9.09 Å². The van der Waals surface area contributed by atoms with Gasteiger partial charge in [0.25, 0.3) is 6.72 Å². The van der Waals surface area contributed by atoms with Crippen LogP contribution in [0.5, 0.6) is 0 Å². The van der Waals surface area contributed by atoms with E-state index < -0.39 is 6.72 Å². The van der Waals surface area contributed by atoms with E-state index in [1.54, 1.807) is 0 Å². The van der Waals surface area contributed by atoms with E-state index in [1.807, 2.05) is 0 Å². The Morgan fingerprint density at radius 3 is 2.83 bits per heavy atom. The van der Waals surface area contributed by atoms with Crippen molar-refractivity contribution in [2.75, 3.05) is 13.2 Å². The topological polar surface area (TPSA) is 26.3 Å². The Morgan fingerprint density at radius 2 is 2.25 bits per heavy atom. The van der Waals surface area contributed by atoms with Crippen molar-refractivity contribution in [2.45, 2.75) is 32.1 Å². The van der Waals surface area contributed by atoms with Crippen molar-refractivity contribution in [1.82, 2.24) is 0 Å². The fraction of sp³-hybridized carbons (Fsp3) is 1.00. The normalized spacial score (nSPS) is 26.2. The number of rotatable bonds is 3. The van der Waals surface area contributed by atoms with Crippen LogP contribution in [0.1, 0.15) is 33.5 Å². The Kier molecular flexibility index (Phi) is 3.50. The summed E-state index contributed by atoms with van der Waals surface area (Å²) >= 11 is 5.49. The summed E-state index contributed by atoms with van der Waals surface area (Å²) in [5.74, 6) is 0.507. The summed E-state index contributed by atoms with van der Waals surface area (Å²) in [6.45, 7) is -2.95. The Balaban J connectivity index is 2.21. The van der Waals surface area contributed by atoms with Gasteiger partial charge in [0, 0.05) is 8.01 Å². The molecule has 0 saturated heterocycles. The molecule has 0 aromatic carbocycles. The highest BCUT2D eigenvalue weighted by Crippen LogP contribution is 2.48. The van der Waals surface area contributed by atoms with Gasteiger partial charge in [-0.3, -0.25) is 4.57 Å². The summed E-state index contributed by atoms with van der Waals surface area (Å²) in [6, 6.07) is 0. The van der Waals surface area contributed by atoms with Crippen molar-refractivity contribution in [1.29, 1.82) is 0 Å². The quantitative estimate of drug-likeness (QED) is 0.667. The molecule has 1 aliphatic carbocycles. The highest BCUT2D eigenvalue weighted by Gasteiger charge is 2.17. The second-order valence-corrected chi connectivity index (χ2v) is 6.37. The third-order valence-corrected chi connectivity index (χ3v) is 3.06. The zero-order valence-corrected chi connectivity index (χ0v) is 8.82. The largest absolute Gasteiger partial charge is 0.317 e. The van der Waals surface area contributed by atoms with Crippen molar-refractivity contribution in [3.05, 3.63) is 0 Å². The highest BCUT2D eigenvalue weighted by atomic mass is 35.7. The third-order valence-electron chi connectivity index (χ3n) is 2.23. The maximum Gasteiger partial charge on any atom is 0.287 e. The second-order valence-electron chi connectivity index (χ2n) is 3.39. The van der Waals surface area contributed by atoms with Gasteiger partial charge >= 0.3 is 0 Å². The number of halogens is 1. The van der Waals surface area contributed by atoms with Gasteiger partial charge in [0.15, 0.2) is 0 Å². The van der Waals surface area contributed by atoms with Crippen LogP contribution in [0, 0.1) is 5.92 Å². The van der Waals surface area contributed by atoms with Gasteiger partial charge in [-0.05, 0) is 30.0 Å². The first kappa shape index (κ1) is 9.05. The van der Waals surface area contributed by atoms with Crippen LogP contribution >= 0.6 is 18.0 Å². The van der Waals surface area contributed by atoms with Gasteiger partial charge in [-0.2, -0.15) is 0 Å². The molecular formula is C8H16ClO2P. The molecule has 0 aromatic rings. The lowest BCUT2D eigenvalue weighted by Gasteiger charge is -2.21. The molecule has 0 aromatic heterocycles. The van der Waals surface area contributed by atoms with E-state index in [-0.39, 0.29) is 6.64 Å². The van der Waals surface area contributed by atoms with E-state index >= 15 is 0 Å². The highest BCUT2D eigenvalue weighted by molar-refractivity contribution is 7.84. The summed E-state index contributed by atoms with van der Waals surface area (Å²) in [7, 11) is 0. The van der Waals surface area contributed by atoms with Crippen molar-refractivity contribution in [2.24, 2.45) is 5.92 Å². The van der Waals surface area contributed by atoms with Crippen molar-refractivity contribution in [3.8, 4) is 0 Å². The van der Waals surface area contributed by atoms with E-state index in [0.717, 1.165) is 12.8 Å². The fourth-order valence-corrected chi connectivity index (χ4v) is 2.17. The van der Waals surface area contributed by atoms with Gasteiger partial charge < -0.3 is 4.52 Å². The van der Waals surface area contributed by atoms with Gasteiger partial charge in [0.2, 0.25) is 0 Å². The van der Waals surface area contributed by atoms with Gasteiger partial charge in [0.05, 0.1) is 6.61 Å². The zero-order valence-electron chi connectivity index (χ0n) is 8.17. The smallest absolute Gasteiger partial charge is 0.287 e. The molecule has 0 aliphatic heterocycles. The molecule has 1 saturated carbocycles. The Bertz CT molecular complexity index is 195. The van der Waals surface area contributed by atoms with Crippen LogP contribution in [0.4, 0.5) is 0 Å². The van der Waals surface area contributed by atoms with E-state index in [0.29, 0.717) is 12.5 Å². The van der Waals surface area contributed by atoms with Crippen molar-refractivity contribution in [3.63, 3.8) is 0 Å². The van der Waals surface area contributed by atoms with E-state index in [2.05, 4.69) is 0 Å². The molecule has 1 unspecified atom stereocenters. The molecule has 1 aliphatic rings. The average Bonchev–Trinajstić information content (AvgIpc) is 2.17. The maximum absolute atomic E-state index is 11.2. The molecule has 72 valence electrons. The molecule has 1 rings (SSSR count). The summed E-state index contributed by atoms with van der Waals surface area (Å²) in [6.07, 6.45) is 6.07. The van der Waals surface area contributed by atoms with Crippen LogP contribution in [0.15, 0.2) is 0 Å². The molecule has 0 amide bonds. The molecular weight excluding hydrogens is 195 g/mol. The van der Waals surface area contributed by atoms with Crippen LogP contribution in [0.25, 0.3) is 0 Å². The van der Waals surface area contributed by atoms with Crippen LogP contribution in [0.2, 0.25) is 0 Å². The lowest BCUT2D eigenvalue weighted by molar-refractivity contribution is 0.216. The molecule has 0 bridgehead atoms. The summed E-state index contributed by atoms with van der Waals surface area (Å²) in [5, 5.41) is 0. The standard InChI is InChI=1S/C8H16ClO2P/c1-12(9,10)11-7-8-5-3-2-4-6-8/h8H,2-7H2,1H3/i1D. The molecule has 1 fully saturated rings. The minimum absolute atomic E-state index is 0.318. The molecule has 0 heterocycles. The predicted octanol–water partition coefficient (Wildman–Crippen LogP) is 3.65. The van der Waals surface area contributed by atoms with Crippen molar-refractivity contribution >= 4 is 18.0 Å². The van der Waals surface area contributed by atoms with Crippen LogP contribution in [0.3, 0.4) is 0 Å². The first-order valence-corrected chi connectivity index (χ1v) is 7.08. The summed E-state index contributed by atoms with van der Waals surface area (Å²) < 4.78 is 23.1. The van der Waals surface area contributed by atoms with Gasteiger partial charge in [-0.1, -0.05) is 19.3 Å². The molecule has 2 nitrogen and oxygen atoms in total. The number of hydrogen-bond acceptors (Lipinski definition) is 2. The fourth-order valence-electron chi connectivity index (χ4n) is 1.57. The molecule has 1 atom stereocenters. The third kappa shape index (κ3) is 4.49.